The fourth-order valence-electron chi connectivity index (χ4n) is 4.27. The molecule has 2 aromatic rings. The highest BCUT2D eigenvalue weighted by molar-refractivity contribution is 5.83. The van der Waals surface area contributed by atoms with Crippen LogP contribution in [0, 0.1) is 23.7 Å². The summed E-state index contributed by atoms with van der Waals surface area (Å²) in [4.78, 5) is 75.3. The number of benzene rings is 2. The van der Waals surface area contributed by atoms with Gasteiger partial charge in [0.1, 0.15) is 25.3 Å². The van der Waals surface area contributed by atoms with Gasteiger partial charge in [-0.25, -0.2) is 19.2 Å². The first kappa shape index (κ1) is 38.0. The van der Waals surface area contributed by atoms with E-state index in [0.717, 1.165) is 0 Å². The minimum atomic E-state index is -1.93. The zero-order valence-electron chi connectivity index (χ0n) is 26.9. The minimum absolute atomic E-state index is 0.0866. The monoisotopic (exact) mass is 658 g/mol. The first-order valence-electron chi connectivity index (χ1n) is 15.0. The number of esters is 2. The van der Waals surface area contributed by atoms with Crippen LogP contribution in [0.4, 0.5) is 9.59 Å². The van der Waals surface area contributed by atoms with Gasteiger partial charge in [0.15, 0.2) is 0 Å². The second kappa shape index (κ2) is 18.7. The second-order valence-electron chi connectivity index (χ2n) is 11.5. The molecule has 4 N–H and O–H groups in total. The Morgan fingerprint density at radius 1 is 0.638 bits per heavy atom. The van der Waals surface area contributed by atoms with Gasteiger partial charge < -0.3 is 39.8 Å². The number of carboxylic acids is 2. The lowest BCUT2D eigenvalue weighted by Crippen LogP contribution is -2.50. The van der Waals surface area contributed by atoms with Gasteiger partial charge in [0.05, 0.1) is 12.3 Å². The van der Waals surface area contributed by atoms with Crippen molar-refractivity contribution in [3.63, 3.8) is 0 Å². The molecule has 2 amide bonds. The number of alkyl carbamates (subject to hydrolysis) is 2. The van der Waals surface area contributed by atoms with Crippen LogP contribution < -0.4 is 10.6 Å². The number of rotatable bonds is 17. The molecule has 0 fully saturated rings. The molecule has 0 aliphatic heterocycles. The molecule has 0 bridgehead atoms. The molecule has 0 aliphatic rings. The first-order valence-corrected chi connectivity index (χ1v) is 15.0. The molecule has 47 heavy (non-hydrogen) atoms. The molecule has 14 heteroatoms. The topological polar surface area (TPSA) is 204 Å². The van der Waals surface area contributed by atoms with Crippen LogP contribution >= 0.6 is 0 Å². The molecule has 0 heterocycles. The minimum Gasteiger partial charge on any atom is -0.481 e. The predicted octanol–water partition coefficient (Wildman–Crippen LogP) is 4.11. The molecule has 14 nitrogen and oxygen atoms in total. The van der Waals surface area contributed by atoms with E-state index >= 15 is 0 Å². The highest BCUT2D eigenvalue weighted by Gasteiger charge is 2.41. The first-order chi connectivity index (χ1) is 22.2. The molecule has 0 aliphatic carbocycles. The maximum Gasteiger partial charge on any atom is 0.408 e. The van der Waals surface area contributed by atoms with Gasteiger partial charge in [-0.3, -0.25) is 9.59 Å². The average Bonchev–Trinajstić information content (AvgIpc) is 3.02. The van der Waals surface area contributed by atoms with Crippen molar-refractivity contribution in [2.45, 2.75) is 72.6 Å². The number of carbonyl (C=O) groups excluding carboxylic acids is 4. The quantitative estimate of drug-likeness (QED) is 0.108. The molecule has 0 saturated carbocycles. The molecule has 256 valence electrons. The third-order valence-corrected chi connectivity index (χ3v) is 7.05. The van der Waals surface area contributed by atoms with E-state index in [-0.39, 0.29) is 13.2 Å². The van der Waals surface area contributed by atoms with Gasteiger partial charge in [0.25, 0.3) is 6.29 Å². The normalized spacial score (nSPS) is 13.5. The van der Waals surface area contributed by atoms with E-state index < -0.39 is 84.5 Å². The average molecular weight is 659 g/mol. The Labute approximate surface area is 272 Å². The molecular formula is C33H42N2O12. The number of nitrogens with one attached hydrogen (secondary N) is 2. The Morgan fingerprint density at radius 2 is 1.02 bits per heavy atom. The van der Waals surface area contributed by atoms with Gasteiger partial charge in [-0.05, 0) is 23.0 Å². The Kier molecular flexibility index (Phi) is 15.2. The molecular weight excluding hydrogens is 616 g/mol. The van der Waals surface area contributed by atoms with Gasteiger partial charge in [0, 0.05) is 5.92 Å². The predicted molar refractivity (Wildman–Crippen MR) is 165 cm³/mol. The number of aliphatic carboxylic acids is 2. The van der Waals surface area contributed by atoms with Crippen molar-refractivity contribution in [2.75, 3.05) is 0 Å². The van der Waals surface area contributed by atoms with E-state index in [9.17, 15) is 39.0 Å². The van der Waals surface area contributed by atoms with Crippen molar-refractivity contribution >= 4 is 36.1 Å². The van der Waals surface area contributed by atoms with Crippen molar-refractivity contribution in [3.05, 3.63) is 71.8 Å². The van der Waals surface area contributed by atoms with E-state index in [0.29, 0.717) is 11.1 Å². The Bertz CT molecular complexity index is 1270. The molecule has 0 aromatic heterocycles. The largest absolute Gasteiger partial charge is 0.481 e. The van der Waals surface area contributed by atoms with Gasteiger partial charge in [-0.2, -0.15) is 0 Å². The SMILES string of the molecule is CC(C(OC(=O)[C@@H](NC(=O)OCc1ccccc1)C(C)C)OC(=O)[C@@H](NC(=O)OCc1ccccc1)C(C)C)C(CC(=O)O)C(=O)O. The lowest BCUT2D eigenvalue weighted by molar-refractivity contribution is -0.206. The van der Waals surface area contributed by atoms with Crippen LogP contribution in [-0.2, 0) is 51.3 Å². The van der Waals surface area contributed by atoms with Crippen LogP contribution in [-0.4, -0.2) is 64.7 Å². The Balaban J connectivity index is 2.24. The summed E-state index contributed by atoms with van der Waals surface area (Å²) in [5.74, 6) is -9.37. The fraction of sp³-hybridized carbons (Fsp3) is 0.455. The molecule has 2 rings (SSSR count). The summed E-state index contributed by atoms with van der Waals surface area (Å²) < 4.78 is 21.3. The summed E-state index contributed by atoms with van der Waals surface area (Å²) in [7, 11) is 0. The van der Waals surface area contributed by atoms with Gasteiger partial charge in [-0.1, -0.05) is 95.3 Å². The molecule has 2 unspecified atom stereocenters. The maximum atomic E-state index is 13.4. The van der Waals surface area contributed by atoms with Gasteiger partial charge in [0.2, 0.25) is 0 Å². The van der Waals surface area contributed by atoms with Crippen molar-refractivity contribution in [3.8, 4) is 0 Å². The number of hydrogen-bond donors (Lipinski definition) is 4. The summed E-state index contributed by atoms with van der Waals surface area (Å²) in [5.41, 5.74) is 1.39. The standard InChI is InChI=1S/C33H42N2O12/c1-19(2)26(34-32(42)44-17-22-12-8-6-9-13-22)29(40)46-31(21(5)24(28(38)39)16-25(36)37)47-30(41)27(20(3)4)35-33(43)45-18-23-14-10-7-11-15-23/h6-15,19-21,24,26-27,31H,16-18H2,1-5H3,(H,34,42)(H,35,43)(H,36,37)(H,38,39)/t21?,24?,26-,27-/m0/s1. The number of hydrogen-bond acceptors (Lipinski definition) is 10. The summed E-state index contributed by atoms with van der Waals surface area (Å²) >= 11 is 0. The van der Waals surface area contributed by atoms with Crippen LogP contribution in [0.1, 0.15) is 52.2 Å². The molecule has 0 saturated heterocycles. The fourth-order valence-corrected chi connectivity index (χ4v) is 4.27. The van der Waals surface area contributed by atoms with Crippen LogP contribution in [0.5, 0.6) is 0 Å². The Hall–Kier alpha value is -5.14. The van der Waals surface area contributed by atoms with Crippen molar-refractivity contribution in [1.82, 2.24) is 10.6 Å². The van der Waals surface area contributed by atoms with Crippen molar-refractivity contribution < 1.29 is 57.9 Å². The van der Waals surface area contributed by atoms with E-state index in [2.05, 4.69) is 10.6 Å². The molecule has 4 atom stereocenters. The number of carboxylic acid groups (broad SMARTS) is 2. The second-order valence-corrected chi connectivity index (χ2v) is 11.5. The van der Waals surface area contributed by atoms with E-state index in [1.807, 2.05) is 0 Å². The number of ether oxygens (including phenoxy) is 4. The lowest BCUT2D eigenvalue weighted by Gasteiger charge is -2.31. The summed E-state index contributed by atoms with van der Waals surface area (Å²) in [6.45, 7) is 7.45. The van der Waals surface area contributed by atoms with Crippen molar-refractivity contribution in [1.29, 1.82) is 0 Å². The van der Waals surface area contributed by atoms with Crippen LogP contribution in [0.2, 0.25) is 0 Å². The molecule has 0 radical (unpaired) electrons. The lowest BCUT2D eigenvalue weighted by atomic mass is 9.90. The summed E-state index contributed by atoms with van der Waals surface area (Å²) in [5, 5.41) is 23.9. The maximum absolute atomic E-state index is 13.4. The smallest absolute Gasteiger partial charge is 0.408 e. The summed E-state index contributed by atoms with van der Waals surface area (Å²) in [6, 6.07) is 14.9. The third kappa shape index (κ3) is 13.0. The molecule has 0 spiro atoms. The Morgan fingerprint density at radius 3 is 1.34 bits per heavy atom. The van der Waals surface area contributed by atoms with E-state index in [4.69, 9.17) is 18.9 Å². The number of carbonyl (C=O) groups is 6. The van der Waals surface area contributed by atoms with E-state index in [1.54, 1.807) is 88.4 Å². The van der Waals surface area contributed by atoms with Crippen LogP contribution in [0.3, 0.4) is 0 Å². The third-order valence-electron chi connectivity index (χ3n) is 7.05. The van der Waals surface area contributed by atoms with Crippen LogP contribution in [0.15, 0.2) is 60.7 Å². The zero-order valence-corrected chi connectivity index (χ0v) is 26.9. The van der Waals surface area contributed by atoms with E-state index in [1.165, 1.54) is 6.92 Å². The van der Waals surface area contributed by atoms with Gasteiger partial charge >= 0.3 is 36.1 Å². The van der Waals surface area contributed by atoms with Crippen LogP contribution in [0.25, 0.3) is 0 Å². The summed E-state index contributed by atoms with van der Waals surface area (Å²) in [6.07, 6.45) is -4.70. The zero-order chi connectivity index (χ0) is 35.1. The van der Waals surface area contributed by atoms with Gasteiger partial charge in [-0.15, -0.1) is 0 Å². The molecule has 2 aromatic carbocycles. The number of amides is 2. The highest BCUT2D eigenvalue weighted by Crippen LogP contribution is 2.25. The highest BCUT2D eigenvalue weighted by atomic mass is 16.7. The van der Waals surface area contributed by atoms with Crippen molar-refractivity contribution in [2.24, 2.45) is 23.7 Å².